The van der Waals surface area contributed by atoms with Crippen molar-refractivity contribution in [2.75, 3.05) is 0 Å². The lowest BCUT2D eigenvalue weighted by Gasteiger charge is -2.00. The van der Waals surface area contributed by atoms with Gasteiger partial charge in [0.2, 0.25) is 0 Å². The fourth-order valence-electron chi connectivity index (χ4n) is 0.885. The maximum absolute atomic E-state index is 10.7. The minimum atomic E-state index is -2.53. The molecule has 4 nitrogen and oxygen atoms in total. The van der Waals surface area contributed by atoms with Crippen LogP contribution in [0.4, 0.5) is 0 Å². The Morgan fingerprint density at radius 2 is 1.71 bits per heavy atom. The molecule has 0 aromatic carbocycles. The molecule has 0 radical (unpaired) electrons. The first-order valence-electron chi connectivity index (χ1n) is 4.13. The van der Waals surface area contributed by atoms with E-state index in [1.54, 1.807) is 26.2 Å². The van der Waals surface area contributed by atoms with Crippen LogP contribution in [0.2, 0.25) is 0 Å². The van der Waals surface area contributed by atoms with Crippen LogP contribution in [0, 0.1) is 6.92 Å². The number of rotatable bonds is 2. The van der Waals surface area contributed by atoms with Crippen LogP contribution in [0.3, 0.4) is 0 Å². The van der Waals surface area contributed by atoms with Gasteiger partial charge in [0.05, 0.1) is 0 Å². The van der Waals surface area contributed by atoms with Gasteiger partial charge in [-0.05, 0) is 26.3 Å². The average molecular weight is 212 g/mol. The second-order valence-corrected chi connectivity index (χ2v) is 4.24. The van der Waals surface area contributed by atoms with Gasteiger partial charge in [0.25, 0.3) is 0 Å². The van der Waals surface area contributed by atoms with E-state index in [1.165, 1.54) is 0 Å². The lowest BCUT2D eigenvalue weighted by Crippen LogP contribution is -1.94. The highest BCUT2D eigenvalue weighted by Gasteiger charge is 2.04. The summed E-state index contributed by atoms with van der Waals surface area (Å²) in [6.45, 7) is 5.12. The van der Waals surface area contributed by atoms with Crippen LogP contribution >= 0.6 is 0 Å². The summed E-state index contributed by atoms with van der Waals surface area (Å²) >= 11 is 0. The number of nitrogens with zero attached hydrogens (tertiary/aromatic N) is 2. The number of thiol groups is 1. The van der Waals surface area contributed by atoms with Crippen molar-refractivity contribution >= 4 is 16.3 Å². The second kappa shape index (κ2) is 4.32. The third-order valence-corrected chi connectivity index (χ3v) is 2.82. The van der Waals surface area contributed by atoms with E-state index >= 15 is 0 Å². The highest BCUT2D eigenvalue weighted by atomic mass is 32.2. The Labute approximate surface area is 84.7 Å². The van der Waals surface area contributed by atoms with Crippen LogP contribution < -0.4 is 0 Å². The van der Waals surface area contributed by atoms with Crippen molar-refractivity contribution in [3.8, 4) is 0 Å². The van der Waals surface area contributed by atoms with E-state index in [0.29, 0.717) is 16.3 Å². The molecule has 1 rings (SSSR count). The molecule has 0 aliphatic heterocycles. The lowest BCUT2D eigenvalue weighted by atomic mass is 10.2. The van der Waals surface area contributed by atoms with Crippen LogP contribution in [0.15, 0.2) is 17.3 Å². The molecular weight excluding hydrogens is 200 g/mol. The van der Waals surface area contributed by atoms with Crippen molar-refractivity contribution in [1.29, 1.82) is 0 Å². The van der Waals surface area contributed by atoms with Gasteiger partial charge in [0.15, 0.2) is 16.5 Å². The van der Waals surface area contributed by atoms with E-state index in [4.69, 9.17) is 0 Å². The predicted molar refractivity (Wildman–Crippen MR) is 55.4 cm³/mol. The molecule has 0 unspecified atom stereocenters. The molecule has 1 aromatic rings. The van der Waals surface area contributed by atoms with E-state index in [9.17, 15) is 8.42 Å². The van der Waals surface area contributed by atoms with Gasteiger partial charge < -0.3 is 0 Å². The third kappa shape index (κ3) is 2.38. The van der Waals surface area contributed by atoms with Gasteiger partial charge in [-0.15, -0.1) is 0 Å². The summed E-state index contributed by atoms with van der Waals surface area (Å²) in [6.07, 6.45) is 3.33. The molecule has 0 aliphatic carbocycles. The molecule has 14 heavy (non-hydrogen) atoms. The third-order valence-electron chi connectivity index (χ3n) is 1.93. The molecule has 0 N–H and O–H groups in total. The highest BCUT2D eigenvalue weighted by Crippen LogP contribution is 2.13. The highest BCUT2D eigenvalue weighted by molar-refractivity contribution is 7.77. The van der Waals surface area contributed by atoms with Crippen LogP contribution in [-0.4, -0.2) is 18.4 Å². The van der Waals surface area contributed by atoms with Gasteiger partial charge >= 0.3 is 0 Å². The zero-order valence-electron chi connectivity index (χ0n) is 8.31. The quantitative estimate of drug-likeness (QED) is 0.747. The van der Waals surface area contributed by atoms with E-state index in [1.807, 2.05) is 6.92 Å². The molecule has 0 fully saturated rings. The Hall–Kier alpha value is -1.23. The standard InChI is InChI=1S/C9H12N2O2S/c1-6-4-10-9(11-5-6)7(2)8(3)14(12)13/h4-5,14H,1-3H3/b8-7+. The van der Waals surface area contributed by atoms with Gasteiger partial charge in [-0.2, -0.15) is 0 Å². The molecule has 76 valence electrons. The summed E-state index contributed by atoms with van der Waals surface area (Å²) in [7, 11) is -2.53. The van der Waals surface area contributed by atoms with Gasteiger partial charge in [-0.25, -0.2) is 18.4 Å². The topological polar surface area (TPSA) is 59.9 Å². The lowest BCUT2D eigenvalue weighted by molar-refractivity contribution is 0.619. The maximum Gasteiger partial charge on any atom is 0.164 e. The Morgan fingerprint density at radius 3 is 2.14 bits per heavy atom. The van der Waals surface area contributed by atoms with Crippen molar-refractivity contribution in [3.05, 3.63) is 28.7 Å². The number of aryl methyl sites for hydroxylation is 1. The normalized spacial score (nSPS) is 12.9. The van der Waals surface area contributed by atoms with E-state index < -0.39 is 10.7 Å². The second-order valence-electron chi connectivity index (χ2n) is 3.05. The van der Waals surface area contributed by atoms with Crippen molar-refractivity contribution in [1.82, 2.24) is 9.97 Å². The minimum absolute atomic E-state index is 0.309. The minimum Gasteiger partial charge on any atom is -0.237 e. The van der Waals surface area contributed by atoms with Crippen molar-refractivity contribution < 1.29 is 8.42 Å². The van der Waals surface area contributed by atoms with Gasteiger partial charge in [-0.1, -0.05) is 0 Å². The van der Waals surface area contributed by atoms with Gasteiger partial charge in [-0.3, -0.25) is 0 Å². The van der Waals surface area contributed by atoms with E-state index in [2.05, 4.69) is 9.97 Å². The SMILES string of the molecule is C/C(=C(/C)[SH](=O)=O)c1ncc(C)cn1. The molecule has 1 heterocycles. The first kappa shape index (κ1) is 10.8. The van der Waals surface area contributed by atoms with Crippen molar-refractivity contribution in [2.24, 2.45) is 0 Å². The van der Waals surface area contributed by atoms with Crippen LogP contribution in [-0.2, 0) is 10.7 Å². The number of hydrogen-bond donors (Lipinski definition) is 1. The molecule has 0 saturated carbocycles. The summed E-state index contributed by atoms with van der Waals surface area (Å²) in [5, 5.41) is 0. The first-order chi connectivity index (χ1) is 6.52. The zero-order valence-corrected chi connectivity index (χ0v) is 9.21. The molecule has 0 aliphatic rings. The summed E-state index contributed by atoms with van der Waals surface area (Å²) in [4.78, 5) is 8.40. The van der Waals surface area contributed by atoms with Crippen LogP contribution in [0.1, 0.15) is 25.2 Å². The summed E-state index contributed by atoms with van der Waals surface area (Å²) in [5.41, 5.74) is 1.55. The first-order valence-corrected chi connectivity index (χ1v) is 5.31. The zero-order chi connectivity index (χ0) is 10.7. The average Bonchev–Trinajstić information content (AvgIpc) is 2.16. The van der Waals surface area contributed by atoms with E-state index in [0.717, 1.165) is 5.56 Å². The fraction of sp³-hybridized carbons (Fsp3) is 0.333. The monoisotopic (exact) mass is 212 g/mol. The van der Waals surface area contributed by atoms with Crippen LogP contribution in [0.5, 0.6) is 0 Å². The largest absolute Gasteiger partial charge is 0.237 e. The summed E-state index contributed by atoms with van der Waals surface area (Å²) < 4.78 is 21.4. The van der Waals surface area contributed by atoms with E-state index in [-0.39, 0.29) is 0 Å². The Kier molecular flexibility index (Phi) is 3.35. The van der Waals surface area contributed by atoms with Crippen molar-refractivity contribution in [2.45, 2.75) is 20.8 Å². The number of allylic oxidation sites excluding steroid dienone is 2. The molecule has 0 atom stereocenters. The molecule has 0 spiro atoms. The Balaban J connectivity index is 3.18. The molecule has 5 heteroatoms. The predicted octanol–water partition coefficient (Wildman–Crippen LogP) is 1.15. The summed E-state index contributed by atoms with van der Waals surface area (Å²) in [6, 6.07) is 0. The molecule has 0 bridgehead atoms. The Bertz CT molecular complexity index is 425. The van der Waals surface area contributed by atoms with Gasteiger partial charge in [0.1, 0.15) is 0 Å². The molecule has 1 aromatic heterocycles. The molecule has 0 saturated heterocycles. The Morgan fingerprint density at radius 1 is 1.21 bits per heavy atom. The van der Waals surface area contributed by atoms with Gasteiger partial charge in [0, 0.05) is 22.9 Å². The number of aromatic nitrogens is 2. The molecular formula is C9H12N2O2S. The molecule has 0 amide bonds. The smallest absolute Gasteiger partial charge is 0.164 e. The van der Waals surface area contributed by atoms with Crippen molar-refractivity contribution in [3.63, 3.8) is 0 Å². The fourth-order valence-corrected chi connectivity index (χ4v) is 1.26. The summed E-state index contributed by atoms with van der Waals surface area (Å²) in [5.74, 6) is 0.465. The maximum atomic E-state index is 10.7. The number of hydrogen-bond acceptors (Lipinski definition) is 4. The van der Waals surface area contributed by atoms with Crippen LogP contribution in [0.25, 0.3) is 5.57 Å².